The van der Waals surface area contributed by atoms with Crippen molar-refractivity contribution in [2.24, 2.45) is 0 Å². The van der Waals surface area contributed by atoms with Crippen molar-refractivity contribution < 1.29 is 19.7 Å². The van der Waals surface area contributed by atoms with Crippen LogP contribution in [0.15, 0.2) is 12.1 Å². The Morgan fingerprint density at radius 2 is 1.89 bits per heavy atom. The van der Waals surface area contributed by atoms with E-state index in [-0.39, 0.29) is 0 Å². The first-order chi connectivity index (χ1) is 8.92. The summed E-state index contributed by atoms with van der Waals surface area (Å²) in [6, 6.07) is 5.07. The number of hydrogen-bond acceptors (Lipinski definition) is 2. The first-order valence-electron chi connectivity index (χ1n) is 7.00. The average molecular weight is 248 g/mol. The van der Waals surface area contributed by atoms with E-state index >= 15 is 0 Å². The molecule has 96 valence electrons. The third-order valence-corrected chi connectivity index (χ3v) is 4.52. The predicted octanol–water partition coefficient (Wildman–Crippen LogP) is -0.788. The maximum atomic E-state index is 5.53. The van der Waals surface area contributed by atoms with Gasteiger partial charge in [0.05, 0.1) is 13.1 Å². The van der Waals surface area contributed by atoms with Crippen molar-refractivity contribution in [1.82, 2.24) is 0 Å². The van der Waals surface area contributed by atoms with Crippen LogP contribution in [0.3, 0.4) is 0 Å². The molecular formula is C14H20N2O2+2. The molecule has 0 aliphatic carbocycles. The molecule has 0 unspecified atom stereocenters. The predicted molar refractivity (Wildman–Crippen MR) is 65.7 cm³/mol. The molecule has 0 aromatic heterocycles. The quantitative estimate of drug-likeness (QED) is 0.684. The highest BCUT2D eigenvalue weighted by Crippen LogP contribution is 2.36. The molecule has 1 fully saturated rings. The van der Waals surface area contributed by atoms with Crippen molar-refractivity contribution in [2.45, 2.75) is 25.4 Å². The number of hydrogen-bond donors (Lipinski definition) is 2. The molecule has 4 rings (SSSR count). The Kier molecular flexibility index (Phi) is 2.45. The Hall–Kier alpha value is -1.26. The van der Waals surface area contributed by atoms with Crippen LogP contribution < -0.4 is 19.7 Å². The van der Waals surface area contributed by atoms with Crippen molar-refractivity contribution in [2.75, 3.05) is 26.4 Å². The van der Waals surface area contributed by atoms with Gasteiger partial charge in [0, 0.05) is 24.0 Å². The van der Waals surface area contributed by atoms with Crippen LogP contribution >= 0.6 is 0 Å². The van der Waals surface area contributed by atoms with Gasteiger partial charge >= 0.3 is 0 Å². The van der Waals surface area contributed by atoms with Crippen LogP contribution in [-0.2, 0) is 6.54 Å². The molecule has 1 aromatic rings. The molecule has 0 radical (unpaired) electrons. The van der Waals surface area contributed by atoms with Gasteiger partial charge in [-0.3, -0.25) is 0 Å². The van der Waals surface area contributed by atoms with Crippen molar-refractivity contribution in [3.63, 3.8) is 0 Å². The minimum atomic E-state index is 0.378. The maximum Gasteiger partial charge on any atom is 0.231 e. The van der Waals surface area contributed by atoms with Crippen LogP contribution in [0.1, 0.15) is 30.0 Å². The summed E-state index contributed by atoms with van der Waals surface area (Å²) in [6.45, 7) is 5.32. The van der Waals surface area contributed by atoms with E-state index in [1.54, 1.807) is 4.90 Å². The molecule has 3 aliphatic heterocycles. The number of nitrogens with two attached hydrogens (primary N) is 1. The second-order valence-corrected chi connectivity index (χ2v) is 5.55. The molecular weight excluding hydrogens is 228 g/mol. The van der Waals surface area contributed by atoms with Gasteiger partial charge in [0.2, 0.25) is 6.79 Å². The smallest absolute Gasteiger partial charge is 0.231 e. The highest BCUT2D eigenvalue weighted by atomic mass is 16.7. The Morgan fingerprint density at radius 1 is 1.11 bits per heavy atom. The van der Waals surface area contributed by atoms with Gasteiger partial charge in [0.25, 0.3) is 0 Å². The second kappa shape index (κ2) is 4.14. The molecule has 1 aromatic carbocycles. The lowest BCUT2D eigenvalue weighted by atomic mass is 9.95. The van der Waals surface area contributed by atoms with E-state index in [2.05, 4.69) is 17.4 Å². The minimum absolute atomic E-state index is 0.378. The van der Waals surface area contributed by atoms with Crippen molar-refractivity contribution in [3.05, 3.63) is 23.3 Å². The molecule has 0 spiro atoms. The van der Waals surface area contributed by atoms with Crippen LogP contribution in [0.4, 0.5) is 0 Å². The van der Waals surface area contributed by atoms with E-state index in [0.717, 1.165) is 18.0 Å². The number of nitrogens with one attached hydrogen (secondary N) is 1. The summed E-state index contributed by atoms with van der Waals surface area (Å²) >= 11 is 0. The number of ether oxygens (including phenoxy) is 2. The summed E-state index contributed by atoms with van der Waals surface area (Å²) in [5.74, 6) is 1.87. The maximum absolute atomic E-state index is 5.53. The van der Waals surface area contributed by atoms with Gasteiger partial charge in [-0.05, 0) is 12.1 Å². The van der Waals surface area contributed by atoms with Gasteiger partial charge in [-0.2, -0.15) is 0 Å². The Morgan fingerprint density at radius 3 is 2.72 bits per heavy atom. The standard InChI is InChI=1S/C14H18N2O2/c1-2-4-16(3-1)12-8-15-7-10-5-13-14(6-11(10)12)18-9-17-13/h5-6,12,15H,1-4,7-9H2/p+2/t12-/m0/s1. The fourth-order valence-corrected chi connectivity index (χ4v) is 3.60. The molecule has 0 bridgehead atoms. The molecule has 1 saturated heterocycles. The molecule has 3 N–H and O–H groups in total. The summed E-state index contributed by atoms with van der Waals surface area (Å²) in [5, 5.41) is 2.43. The molecule has 18 heavy (non-hydrogen) atoms. The van der Waals surface area contributed by atoms with E-state index in [4.69, 9.17) is 9.47 Å². The van der Waals surface area contributed by atoms with E-state index in [1.165, 1.54) is 43.6 Å². The summed E-state index contributed by atoms with van der Waals surface area (Å²) in [5.41, 5.74) is 2.94. The average Bonchev–Trinajstić information content (AvgIpc) is 3.06. The van der Waals surface area contributed by atoms with Crippen LogP contribution in [0, 0.1) is 0 Å². The van der Waals surface area contributed by atoms with E-state index < -0.39 is 0 Å². The molecule has 4 heteroatoms. The minimum Gasteiger partial charge on any atom is -0.454 e. The number of quaternary nitrogens is 2. The summed E-state index contributed by atoms with van der Waals surface area (Å²) in [4.78, 5) is 1.76. The monoisotopic (exact) mass is 248 g/mol. The van der Waals surface area contributed by atoms with Crippen molar-refractivity contribution >= 4 is 0 Å². The lowest BCUT2D eigenvalue weighted by Gasteiger charge is -2.28. The Bertz CT molecular complexity index is 469. The third kappa shape index (κ3) is 1.60. The van der Waals surface area contributed by atoms with E-state index in [0.29, 0.717) is 12.8 Å². The fourth-order valence-electron chi connectivity index (χ4n) is 3.60. The zero-order valence-electron chi connectivity index (χ0n) is 10.6. The van der Waals surface area contributed by atoms with Gasteiger partial charge in [-0.15, -0.1) is 0 Å². The third-order valence-electron chi connectivity index (χ3n) is 4.52. The molecule has 0 saturated carbocycles. The van der Waals surface area contributed by atoms with E-state index in [1.807, 2.05) is 0 Å². The topological polar surface area (TPSA) is 39.5 Å². The van der Waals surface area contributed by atoms with Gasteiger partial charge in [0.15, 0.2) is 17.5 Å². The highest BCUT2D eigenvalue weighted by Gasteiger charge is 2.35. The summed E-state index contributed by atoms with van der Waals surface area (Å²) < 4.78 is 11.0. The fraction of sp³-hybridized carbons (Fsp3) is 0.571. The second-order valence-electron chi connectivity index (χ2n) is 5.55. The number of benzene rings is 1. The number of likely N-dealkylation sites (tertiary alicyclic amines) is 1. The molecule has 1 atom stereocenters. The van der Waals surface area contributed by atoms with E-state index in [9.17, 15) is 0 Å². The van der Waals surface area contributed by atoms with Crippen LogP contribution in [-0.4, -0.2) is 26.4 Å². The zero-order valence-corrected chi connectivity index (χ0v) is 10.6. The molecule has 0 amide bonds. The normalized spacial score (nSPS) is 26.3. The highest BCUT2D eigenvalue weighted by molar-refractivity contribution is 5.49. The number of rotatable bonds is 1. The Balaban J connectivity index is 1.73. The van der Waals surface area contributed by atoms with Crippen LogP contribution in [0.25, 0.3) is 0 Å². The van der Waals surface area contributed by atoms with Gasteiger partial charge in [-0.1, -0.05) is 0 Å². The molecule has 4 nitrogen and oxygen atoms in total. The molecule has 3 aliphatic rings. The van der Waals surface area contributed by atoms with Gasteiger partial charge in [-0.25, -0.2) is 0 Å². The first-order valence-corrected chi connectivity index (χ1v) is 7.00. The summed E-state index contributed by atoms with van der Waals surface area (Å²) in [7, 11) is 0. The van der Waals surface area contributed by atoms with Crippen LogP contribution in [0.5, 0.6) is 11.5 Å². The summed E-state index contributed by atoms with van der Waals surface area (Å²) in [6.07, 6.45) is 2.76. The number of fused-ring (bicyclic) bond motifs is 2. The zero-order chi connectivity index (χ0) is 11.9. The van der Waals surface area contributed by atoms with Gasteiger partial charge < -0.3 is 19.7 Å². The largest absolute Gasteiger partial charge is 0.454 e. The van der Waals surface area contributed by atoms with Crippen molar-refractivity contribution in [3.8, 4) is 11.5 Å². The van der Waals surface area contributed by atoms with Crippen LogP contribution in [0.2, 0.25) is 0 Å². The van der Waals surface area contributed by atoms with Gasteiger partial charge in [0.1, 0.15) is 13.1 Å². The van der Waals surface area contributed by atoms with Crippen molar-refractivity contribution in [1.29, 1.82) is 0 Å². The lowest BCUT2D eigenvalue weighted by Crippen LogP contribution is -3.13. The Labute approximate surface area is 107 Å². The SMILES string of the molecule is c1c2c(cc3c1OCO3)[C@@H]([NH+]1CCCC1)C[NH2+]C2. The first kappa shape index (κ1) is 10.6. The molecule has 3 heterocycles. The lowest BCUT2D eigenvalue weighted by molar-refractivity contribution is -0.937.